The molecule has 2 aliphatic carbocycles. The Bertz CT molecular complexity index is 748. The minimum Gasteiger partial charge on any atom is -0.390 e. The van der Waals surface area contributed by atoms with Crippen LogP contribution >= 0.6 is 0 Å². The monoisotopic (exact) mass is 411 g/mol. The molecule has 1 saturated heterocycles. The largest absolute Gasteiger partial charge is 0.418 e. The normalized spacial score (nSPS) is 32.3. The van der Waals surface area contributed by atoms with Gasteiger partial charge in [-0.3, -0.25) is 4.79 Å². The van der Waals surface area contributed by atoms with Gasteiger partial charge in [-0.1, -0.05) is 25.0 Å². The lowest BCUT2D eigenvalue weighted by atomic mass is 9.64. The van der Waals surface area contributed by atoms with Gasteiger partial charge in [-0.05, 0) is 68.6 Å². The van der Waals surface area contributed by atoms with Gasteiger partial charge < -0.3 is 15.1 Å². The average molecular weight is 411 g/mol. The number of hydrogen-bond donors (Lipinski definition) is 2. The molecule has 1 atom stereocenters. The first kappa shape index (κ1) is 20.7. The summed E-state index contributed by atoms with van der Waals surface area (Å²) in [7, 11) is 0. The van der Waals surface area contributed by atoms with Crippen molar-refractivity contribution in [2.24, 2.45) is 11.3 Å². The summed E-state index contributed by atoms with van der Waals surface area (Å²) in [6, 6.07) is 5.40. The molecule has 2 saturated carbocycles. The van der Waals surface area contributed by atoms with E-state index < -0.39 is 23.3 Å². The molecule has 1 spiro atoms. The Balaban J connectivity index is 1.44. The van der Waals surface area contributed by atoms with Crippen LogP contribution in [0.1, 0.15) is 69.5 Å². The fourth-order valence-electron chi connectivity index (χ4n) is 5.59. The third kappa shape index (κ3) is 3.67. The molecule has 1 aliphatic heterocycles. The Morgan fingerprint density at radius 3 is 2.14 bits per heavy atom. The van der Waals surface area contributed by atoms with Crippen molar-refractivity contribution in [2.75, 3.05) is 11.4 Å². The number of anilines is 1. The summed E-state index contributed by atoms with van der Waals surface area (Å²) >= 11 is 0. The van der Waals surface area contributed by atoms with Crippen LogP contribution < -0.4 is 4.90 Å². The topological polar surface area (TPSA) is 60.8 Å². The molecule has 0 radical (unpaired) electrons. The number of aliphatic hydroxyl groups is 2. The molecule has 1 unspecified atom stereocenters. The van der Waals surface area contributed by atoms with Gasteiger partial charge in [0.15, 0.2) is 6.10 Å². The maximum Gasteiger partial charge on any atom is 0.418 e. The number of hydrogen-bond acceptors (Lipinski definition) is 3. The molecule has 3 aliphatic rings. The van der Waals surface area contributed by atoms with E-state index in [0.717, 1.165) is 12.8 Å². The fourth-order valence-corrected chi connectivity index (χ4v) is 5.59. The van der Waals surface area contributed by atoms with E-state index in [0.29, 0.717) is 50.3 Å². The highest BCUT2D eigenvalue weighted by atomic mass is 19.4. The number of nitrogens with zero attached hydrogens (tertiary/aromatic N) is 1. The van der Waals surface area contributed by atoms with Gasteiger partial charge in [-0.25, -0.2) is 0 Å². The molecular weight excluding hydrogens is 383 g/mol. The van der Waals surface area contributed by atoms with Crippen molar-refractivity contribution < 1.29 is 28.2 Å². The Morgan fingerprint density at radius 1 is 1.00 bits per heavy atom. The van der Waals surface area contributed by atoms with Gasteiger partial charge >= 0.3 is 6.18 Å². The molecule has 7 heteroatoms. The van der Waals surface area contributed by atoms with E-state index in [1.165, 1.54) is 37.1 Å². The van der Waals surface area contributed by atoms with Gasteiger partial charge in [0.05, 0.1) is 11.0 Å². The molecular formula is C22H28F3NO3. The van der Waals surface area contributed by atoms with E-state index in [2.05, 4.69) is 0 Å². The van der Waals surface area contributed by atoms with Crippen LogP contribution in [0.2, 0.25) is 0 Å². The summed E-state index contributed by atoms with van der Waals surface area (Å²) < 4.78 is 38.0. The Hall–Kier alpha value is -1.60. The predicted octanol–water partition coefficient (Wildman–Crippen LogP) is 4.50. The number of carbonyl (C=O) groups excluding carboxylic acids is 1. The number of halogens is 3. The first-order chi connectivity index (χ1) is 13.6. The fraction of sp³-hybridized carbons (Fsp3) is 0.682. The van der Waals surface area contributed by atoms with Gasteiger partial charge in [0.25, 0.3) is 0 Å². The van der Waals surface area contributed by atoms with E-state index in [-0.39, 0.29) is 11.5 Å². The van der Waals surface area contributed by atoms with Gasteiger partial charge in [0.1, 0.15) is 0 Å². The number of alkyl halides is 3. The molecule has 1 aromatic carbocycles. The second kappa shape index (κ2) is 7.27. The SMILES string of the molecule is O=C1N(c2ccc(C(O)C(F)(F)F)cc2)CCC12CCC(O)(C1CCCC1)CC2. The third-order valence-corrected chi connectivity index (χ3v) is 7.53. The van der Waals surface area contributed by atoms with Crippen LogP contribution in [-0.4, -0.2) is 34.4 Å². The van der Waals surface area contributed by atoms with Crippen molar-refractivity contribution in [3.63, 3.8) is 0 Å². The molecule has 1 heterocycles. The first-order valence-electron chi connectivity index (χ1n) is 10.5. The highest BCUT2D eigenvalue weighted by Crippen LogP contribution is 2.52. The van der Waals surface area contributed by atoms with Crippen molar-refractivity contribution in [1.82, 2.24) is 0 Å². The summed E-state index contributed by atoms with van der Waals surface area (Å²) in [6.07, 6.45) is 0.575. The van der Waals surface area contributed by atoms with Crippen molar-refractivity contribution in [2.45, 2.75) is 75.7 Å². The maximum atomic E-state index is 13.2. The van der Waals surface area contributed by atoms with E-state index in [9.17, 15) is 28.2 Å². The molecule has 4 rings (SSSR count). The number of carbonyl (C=O) groups is 1. The van der Waals surface area contributed by atoms with E-state index in [4.69, 9.17) is 0 Å². The summed E-state index contributed by atoms with van der Waals surface area (Å²) in [5.74, 6) is 0.357. The van der Waals surface area contributed by atoms with Gasteiger partial charge in [0, 0.05) is 12.2 Å². The van der Waals surface area contributed by atoms with Crippen LogP contribution in [0.3, 0.4) is 0 Å². The van der Waals surface area contributed by atoms with Crippen LogP contribution in [0.4, 0.5) is 18.9 Å². The van der Waals surface area contributed by atoms with Crippen molar-refractivity contribution >= 4 is 11.6 Å². The van der Waals surface area contributed by atoms with Gasteiger partial charge in [0.2, 0.25) is 5.91 Å². The standard InChI is InChI=1S/C22H28F3NO3/c23-22(24,25)18(27)15-5-7-17(8-6-15)26-14-13-20(19(26)28)9-11-21(29,12-10-20)16-3-1-2-4-16/h5-8,16,18,27,29H,1-4,9-14H2. The van der Waals surface area contributed by atoms with Crippen LogP contribution in [0.15, 0.2) is 24.3 Å². The Labute approximate surface area is 168 Å². The molecule has 160 valence electrons. The number of benzene rings is 1. The highest BCUT2D eigenvalue weighted by Gasteiger charge is 2.53. The summed E-state index contributed by atoms with van der Waals surface area (Å²) in [5, 5.41) is 20.5. The molecule has 1 amide bonds. The predicted molar refractivity (Wildman–Crippen MR) is 102 cm³/mol. The van der Waals surface area contributed by atoms with E-state index >= 15 is 0 Å². The average Bonchev–Trinajstić information content (AvgIpc) is 3.34. The minimum atomic E-state index is -4.72. The highest BCUT2D eigenvalue weighted by molar-refractivity contribution is 6.00. The second-order valence-corrected chi connectivity index (χ2v) is 9.11. The van der Waals surface area contributed by atoms with Crippen LogP contribution in [-0.2, 0) is 4.79 Å². The number of amides is 1. The summed E-state index contributed by atoms with van der Waals surface area (Å²) in [5.41, 5.74) is -0.789. The van der Waals surface area contributed by atoms with Crippen molar-refractivity contribution in [3.8, 4) is 0 Å². The van der Waals surface area contributed by atoms with Crippen LogP contribution in [0.5, 0.6) is 0 Å². The van der Waals surface area contributed by atoms with Crippen LogP contribution in [0, 0.1) is 11.3 Å². The molecule has 0 bridgehead atoms. The van der Waals surface area contributed by atoms with Gasteiger partial charge in [-0.15, -0.1) is 0 Å². The lowest BCUT2D eigenvalue weighted by Gasteiger charge is -2.44. The third-order valence-electron chi connectivity index (χ3n) is 7.53. The molecule has 4 nitrogen and oxygen atoms in total. The zero-order chi connectivity index (χ0) is 20.9. The smallest absolute Gasteiger partial charge is 0.390 e. The van der Waals surface area contributed by atoms with E-state index in [1.54, 1.807) is 4.90 Å². The quantitative estimate of drug-likeness (QED) is 0.770. The number of rotatable bonds is 3. The molecule has 3 fully saturated rings. The molecule has 29 heavy (non-hydrogen) atoms. The zero-order valence-corrected chi connectivity index (χ0v) is 16.4. The lowest BCUT2D eigenvalue weighted by Crippen LogP contribution is -2.46. The first-order valence-corrected chi connectivity index (χ1v) is 10.5. The lowest BCUT2D eigenvalue weighted by molar-refractivity contribution is -0.206. The second-order valence-electron chi connectivity index (χ2n) is 9.11. The molecule has 0 aromatic heterocycles. The Morgan fingerprint density at radius 2 is 1.59 bits per heavy atom. The van der Waals surface area contributed by atoms with E-state index in [1.807, 2.05) is 0 Å². The van der Waals surface area contributed by atoms with Crippen molar-refractivity contribution in [1.29, 1.82) is 0 Å². The summed E-state index contributed by atoms with van der Waals surface area (Å²) in [4.78, 5) is 14.9. The molecule has 2 N–H and O–H groups in total. The summed E-state index contributed by atoms with van der Waals surface area (Å²) in [6.45, 7) is 0.530. The Kier molecular flexibility index (Phi) is 5.18. The minimum absolute atomic E-state index is 0.00934. The zero-order valence-electron chi connectivity index (χ0n) is 16.4. The number of aliphatic hydroxyl groups excluding tert-OH is 1. The van der Waals surface area contributed by atoms with Crippen molar-refractivity contribution in [3.05, 3.63) is 29.8 Å². The molecule has 1 aromatic rings. The maximum absolute atomic E-state index is 13.2. The van der Waals surface area contributed by atoms with Crippen LogP contribution in [0.25, 0.3) is 0 Å². The van der Waals surface area contributed by atoms with Gasteiger partial charge in [-0.2, -0.15) is 13.2 Å².